The van der Waals surface area contributed by atoms with Gasteiger partial charge in [-0.25, -0.2) is 19.9 Å². The van der Waals surface area contributed by atoms with Gasteiger partial charge >= 0.3 is 0 Å². The van der Waals surface area contributed by atoms with Crippen LogP contribution in [0, 0.1) is 0 Å². The number of benzene rings is 5. The van der Waals surface area contributed by atoms with E-state index >= 15 is 0 Å². The van der Waals surface area contributed by atoms with Crippen LogP contribution in [-0.2, 0) is 0 Å². The Balaban J connectivity index is 1.35. The van der Waals surface area contributed by atoms with E-state index in [9.17, 15) is 0 Å². The van der Waals surface area contributed by atoms with Crippen LogP contribution in [0.4, 0.5) is 0 Å². The van der Waals surface area contributed by atoms with E-state index in [0.29, 0.717) is 17.5 Å². The fourth-order valence-electron chi connectivity index (χ4n) is 5.36. The lowest BCUT2D eigenvalue weighted by molar-refractivity contribution is 0.622. The molecule has 0 unspecified atom stereocenters. The zero-order chi connectivity index (χ0) is 27.2. The summed E-state index contributed by atoms with van der Waals surface area (Å²) in [7, 11) is 0. The Morgan fingerprint density at radius 3 is 1.66 bits per heavy atom. The van der Waals surface area contributed by atoms with Gasteiger partial charge in [0.15, 0.2) is 17.5 Å². The lowest BCUT2D eigenvalue weighted by Gasteiger charge is -2.12. The van der Waals surface area contributed by atoms with E-state index in [0.717, 1.165) is 61.1 Å². The molecule has 0 radical (unpaired) electrons. The topological polar surface area (TPSA) is 64.7 Å². The van der Waals surface area contributed by atoms with E-state index in [4.69, 9.17) is 24.4 Å². The van der Waals surface area contributed by atoms with E-state index in [-0.39, 0.29) is 0 Å². The van der Waals surface area contributed by atoms with E-state index in [1.165, 1.54) is 0 Å². The van der Waals surface area contributed by atoms with Gasteiger partial charge in [-0.15, -0.1) is 0 Å². The van der Waals surface area contributed by atoms with Gasteiger partial charge in [-0.05, 0) is 24.3 Å². The molecule has 5 aromatic carbocycles. The molecule has 0 atom stereocenters. The first-order chi connectivity index (χ1) is 20.3. The summed E-state index contributed by atoms with van der Waals surface area (Å²) in [5.41, 5.74) is 7.35. The van der Waals surface area contributed by atoms with Crippen molar-refractivity contribution in [1.29, 1.82) is 0 Å². The van der Waals surface area contributed by atoms with Crippen molar-refractivity contribution in [3.05, 3.63) is 133 Å². The first-order valence-electron chi connectivity index (χ1n) is 13.5. The molecule has 0 aliphatic carbocycles. The van der Waals surface area contributed by atoms with Crippen LogP contribution < -0.4 is 0 Å². The van der Waals surface area contributed by atoms with Gasteiger partial charge in [0.1, 0.15) is 11.3 Å². The van der Waals surface area contributed by atoms with Gasteiger partial charge in [0.25, 0.3) is 0 Å². The maximum atomic E-state index is 6.61. The summed E-state index contributed by atoms with van der Waals surface area (Å²) in [5.74, 6) is 2.63. The first kappa shape index (κ1) is 23.2. The normalized spacial score (nSPS) is 11.4. The Kier molecular flexibility index (Phi) is 5.38. The zero-order valence-corrected chi connectivity index (χ0v) is 21.9. The number of aromatic nitrogens is 4. The van der Waals surface area contributed by atoms with Crippen LogP contribution in [0.5, 0.6) is 0 Å². The van der Waals surface area contributed by atoms with Crippen molar-refractivity contribution in [1.82, 2.24) is 19.9 Å². The zero-order valence-electron chi connectivity index (χ0n) is 21.9. The molecule has 2 aliphatic heterocycles. The molecule has 0 N–H and O–H groups in total. The molecule has 0 amide bonds. The third kappa shape index (κ3) is 4.03. The molecular formula is C36H22N4O. The SMILES string of the molecule is c1ccc(-c2nc(-c3ccccc3)nc(-c3cccc(-c4oc5ccccc5c5nc6ccccc6c4-5)c3)n2)cc1. The second-order valence-electron chi connectivity index (χ2n) is 9.90. The van der Waals surface area contributed by atoms with Crippen molar-refractivity contribution in [2.75, 3.05) is 0 Å². The van der Waals surface area contributed by atoms with Gasteiger partial charge in [-0.3, -0.25) is 0 Å². The Morgan fingerprint density at radius 1 is 0.415 bits per heavy atom. The summed E-state index contributed by atoms with van der Waals surface area (Å²) < 4.78 is 6.61. The second-order valence-corrected chi connectivity index (χ2v) is 9.90. The van der Waals surface area contributed by atoms with Crippen molar-refractivity contribution < 1.29 is 4.42 Å². The largest absolute Gasteiger partial charge is 0.455 e. The molecule has 0 spiro atoms. The number of para-hydroxylation sites is 2. The first-order valence-corrected chi connectivity index (χ1v) is 13.5. The predicted octanol–water partition coefficient (Wildman–Crippen LogP) is 8.94. The van der Waals surface area contributed by atoms with Crippen LogP contribution in [-0.4, -0.2) is 19.9 Å². The molecule has 5 heteroatoms. The molecule has 8 rings (SSSR count). The van der Waals surface area contributed by atoms with Crippen LogP contribution in [0.3, 0.4) is 0 Å². The third-order valence-corrected chi connectivity index (χ3v) is 7.31. The molecule has 0 fully saturated rings. The maximum Gasteiger partial charge on any atom is 0.164 e. The minimum Gasteiger partial charge on any atom is -0.455 e. The van der Waals surface area contributed by atoms with Gasteiger partial charge in [-0.2, -0.15) is 0 Å². The van der Waals surface area contributed by atoms with Gasteiger partial charge in [0, 0.05) is 33.0 Å². The number of hydrogen-bond acceptors (Lipinski definition) is 5. The van der Waals surface area contributed by atoms with Gasteiger partial charge in [0.05, 0.1) is 16.8 Å². The Morgan fingerprint density at radius 2 is 0.951 bits per heavy atom. The Hall–Kier alpha value is -5.68. The van der Waals surface area contributed by atoms with E-state index in [1.807, 2.05) is 109 Å². The van der Waals surface area contributed by atoms with E-state index in [1.54, 1.807) is 0 Å². The molecule has 2 aliphatic rings. The number of nitrogens with zero attached hydrogens (tertiary/aromatic N) is 4. The average molecular weight is 527 g/mol. The molecule has 0 saturated carbocycles. The summed E-state index contributed by atoms with van der Waals surface area (Å²) >= 11 is 0. The number of rotatable bonds is 4. The molecule has 3 heterocycles. The summed E-state index contributed by atoms with van der Waals surface area (Å²) in [4.78, 5) is 19.7. The molecular weight excluding hydrogens is 504 g/mol. The summed E-state index contributed by atoms with van der Waals surface area (Å²) in [6.45, 7) is 0. The van der Waals surface area contributed by atoms with Crippen LogP contribution in [0.2, 0.25) is 0 Å². The Labute approximate surface area is 236 Å². The van der Waals surface area contributed by atoms with Crippen LogP contribution in [0.15, 0.2) is 138 Å². The summed E-state index contributed by atoms with van der Waals surface area (Å²) in [6, 6.07) is 44.5. The van der Waals surface area contributed by atoms with Crippen molar-refractivity contribution in [3.63, 3.8) is 0 Å². The fourth-order valence-corrected chi connectivity index (χ4v) is 5.36. The summed E-state index contributed by atoms with van der Waals surface area (Å²) in [5, 5.41) is 2.06. The lowest BCUT2D eigenvalue weighted by atomic mass is 9.98. The monoisotopic (exact) mass is 526 g/mol. The smallest absolute Gasteiger partial charge is 0.164 e. The van der Waals surface area contributed by atoms with Crippen molar-refractivity contribution in [2.24, 2.45) is 0 Å². The maximum absolute atomic E-state index is 6.61. The van der Waals surface area contributed by atoms with Crippen LogP contribution in [0.25, 0.3) is 78.6 Å². The predicted molar refractivity (Wildman–Crippen MR) is 163 cm³/mol. The quantitative estimate of drug-likeness (QED) is 0.229. The average Bonchev–Trinajstić information content (AvgIpc) is 3.45. The minimum atomic E-state index is 0.599. The molecule has 6 aromatic rings. The van der Waals surface area contributed by atoms with Gasteiger partial charge < -0.3 is 4.42 Å². The third-order valence-electron chi connectivity index (χ3n) is 7.31. The highest BCUT2D eigenvalue weighted by Gasteiger charge is 2.23. The van der Waals surface area contributed by atoms with Crippen molar-refractivity contribution in [2.45, 2.75) is 0 Å². The van der Waals surface area contributed by atoms with E-state index < -0.39 is 0 Å². The second kappa shape index (κ2) is 9.50. The van der Waals surface area contributed by atoms with Gasteiger partial charge in [-0.1, -0.05) is 109 Å². The van der Waals surface area contributed by atoms with Crippen molar-refractivity contribution in [3.8, 4) is 56.7 Å². The number of hydrogen-bond donors (Lipinski definition) is 0. The van der Waals surface area contributed by atoms with E-state index in [2.05, 4.69) is 24.3 Å². The highest BCUT2D eigenvalue weighted by Crippen LogP contribution is 2.44. The van der Waals surface area contributed by atoms with Gasteiger partial charge in [0.2, 0.25) is 0 Å². The molecule has 0 bridgehead atoms. The minimum absolute atomic E-state index is 0.599. The van der Waals surface area contributed by atoms with Crippen molar-refractivity contribution >= 4 is 21.9 Å². The highest BCUT2D eigenvalue weighted by atomic mass is 16.3. The molecule has 1 aromatic heterocycles. The lowest BCUT2D eigenvalue weighted by Crippen LogP contribution is -2.00. The molecule has 0 saturated heterocycles. The Bertz CT molecular complexity index is 2100. The van der Waals surface area contributed by atoms with Crippen LogP contribution in [0.1, 0.15) is 0 Å². The summed E-state index contributed by atoms with van der Waals surface area (Å²) in [6.07, 6.45) is 0. The fraction of sp³-hybridized carbons (Fsp3) is 0. The van der Waals surface area contributed by atoms with Crippen LogP contribution >= 0.6 is 0 Å². The number of fused-ring (bicyclic) bond motifs is 5. The molecule has 5 nitrogen and oxygen atoms in total. The molecule has 192 valence electrons. The molecule has 41 heavy (non-hydrogen) atoms. The standard InChI is InChI=1S/C36H22N4O/c1-3-12-23(13-4-1)34-38-35(24-14-5-2-6-15-24)40-36(39-34)26-17-11-16-25(22-26)33-31-27-18-7-9-20-29(27)37-32(31)28-19-8-10-21-30(28)41-33/h1-22H. The highest BCUT2D eigenvalue weighted by molar-refractivity contribution is 6.10.